The Balaban J connectivity index is 1.53. The standard InChI is InChI=1S/C18H18ClFN2O/c19-14-3-1-2-12(8-14)18(23)11-21-7-6-13-10-22-17-9-15(20)4-5-16(13)17/h1-5,8-10,18,21-23H,6-7,11H2. The second-order valence-electron chi connectivity index (χ2n) is 5.53. The second-order valence-corrected chi connectivity index (χ2v) is 5.97. The van der Waals surface area contributed by atoms with Crippen molar-refractivity contribution in [1.82, 2.24) is 10.3 Å². The highest BCUT2D eigenvalue weighted by molar-refractivity contribution is 6.30. The van der Waals surface area contributed by atoms with Crippen molar-refractivity contribution in [2.24, 2.45) is 0 Å². The van der Waals surface area contributed by atoms with E-state index < -0.39 is 6.10 Å². The first kappa shape index (κ1) is 16.0. The van der Waals surface area contributed by atoms with Crippen molar-refractivity contribution < 1.29 is 9.50 Å². The van der Waals surface area contributed by atoms with Gasteiger partial charge in [-0.05, 0) is 54.4 Å². The molecule has 0 spiro atoms. The summed E-state index contributed by atoms with van der Waals surface area (Å²) < 4.78 is 13.2. The highest BCUT2D eigenvalue weighted by atomic mass is 35.5. The molecule has 0 aliphatic rings. The van der Waals surface area contributed by atoms with Crippen LogP contribution < -0.4 is 5.32 Å². The number of fused-ring (bicyclic) bond motifs is 1. The quantitative estimate of drug-likeness (QED) is 0.601. The molecule has 23 heavy (non-hydrogen) atoms. The van der Waals surface area contributed by atoms with Crippen LogP contribution >= 0.6 is 11.6 Å². The summed E-state index contributed by atoms with van der Waals surface area (Å²) in [4.78, 5) is 3.08. The van der Waals surface area contributed by atoms with Gasteiger partial charge in [0, 0.05) is 28.7 Å². The first-order chi connectivity index (χ1) is 11.1. The van der Waals surface area contributed by atoms with E-state index in [9.17, 15) is 9.50 Å². The maximum absolute atomic E-state index is 13.2. The van der Waals surface area contributed by atoms with Crippen molar-refractivity contribution in [1.29, 1.82) is 0 Å². The van der Waals surface area contributed by atoms with E-state index in [2.05, 4.69) is 10.3 Å². The van der Waals surface area contributed by atoms with Crippen LogP contribution in [0.2, 0.25) is 5.02 Å². The molecule has 0 fully saturated rings. The zero-order valence-corrected chi connectivity index (χ0v) is 13.3. The minimum Gasteiger partial charge on any atom is -0.387 e. The molecular formula is C18H18ClFN2O. The van der Waals surface area contributed by atoms with Crippen LogP contribution in [-0.4, -0.2) is 23.2 Å². The third-order valence-electron chi connectivity index (χ3n) is 3.87. The fraction of sp³-hybridized carbons (Fsp3) is 0.222. The van der Waals surface area contributed by atoms with Gasteiger partial charge in [-0.25, -0.2) is 4.39 Å². The van der Waals surface area contributed by atoms with Crippen molar-refractivity contribution in [2.45, 2.75) is 12.5 Å². The molecule has 1 unspecified atom stereocenters. The first-order valence-corrected chi connectivity index (χ1v) is 7.91. The largest absolute Gasteiger partial charge is 0.387 e. The van der Waals surface area contributed by atoms with Gasteiger partial charge in [-0.1, -0.05) is 23.7 Å². The Labute approximate surface area is 139 Å². The molecule has 3 aromatic rings. The number of aliphatic hydroxyl groups excluding tert-OH is 1. The number of halogens is 2. The molecule has 0 radical (unpaired) electrons. The van der Waals surface area contributed by atoms with Gasteiger partial charge in [0.15, 0.2) is 0 Å². The summed E-state index contributed by atoms with van der Waals surface area (Å²) in [5.74, 6) is -0.242. The van der Waals surface area contributed by atoms with E-state index in [1.54, 1.807) is 18.2 Å². The Hall–Kier alpha value is -1.88. The lowest BCUT2D eigenvalue weighted by Gasteiger charge is -2.12. The van der Waals surface area contributed by atoms with E-state index in [1.165, 1.54) is 12.1 Å². The summed E-state index contributed by atoms with van der Waals surface area (Å²) in [7, 11) is 0. The van der Waals surface area contributed by atoms with Crippen LogP contribution in [0.5, 0.6) is 0 Å². The first-order valence-electron chi connectivity index (χ1n) is 7.53. The number of benzene rings is 2. The summed E-state index contributed by atoms with van der Waals surface area (Å²) >= 11 is 5.92. The lowest BCUT2D eigenvalue weighted by Crippen LogP contribution is -2.23. The number of hydrogen-bond acceptors (Lipinski definition) is 2. The predicted molar refractivity (Wildman–Crippen MR) is 91.2 cm³/mol. The molecule has 5 heteroatoms. The molecule has 120 valence electrons. The van der Waals surface area contributed by atoms with Crippen molar-refractivity contribution in [3.05, 3.63) is 70.6 Å². The molecule has 3 nitrogen and oxygen atoms in total. The highest BCUT2D eigenvalue weighted by Crippen LogP contribution is 2.20. The average Bonchev–Trinajstić information content (AvgIpc) is 2.93. The van der Waals surface area contributed by atoms with Crippen molar-refractivity contribution in [3.63, 3.8) is 0 Å². The van der Waals surface area contributed by atoms with Gasteiger partial charge >= 0.3 is 0 Å². The average molecular weight is 333 g/mol. The Morgan fingerprint density at radius 3 is 2.91 bits per heavy atom. The molecule has 3 N–H and O–H groups in total. The summed E-state index contributed by atoms with van der Waals surface area (Å²) in [6.07, 6.45) is 2.11. The highest BCUT2D eigenvalue weighted by Gasteiger charge is 2.08. The van der Waals surface area contributed by atoms with Crippen LogP contribution in [0.15, 0.2) is 48.7 Å². The van der Waals surface area contributed by atoms with E-state index in [0.29, 0.717) is 11.6 Å². The number of aliphatic hydroxyl groups is 1. The Bertz CT molecular complexity index is 803. The normalized spacial score (nSPS) is 12.7. The number of nitrogens with one attached hydrogen (secondary N) is 2. The minimum absolute atomic E-state index is 0.242. The van der Waals surface area contributed by atoms with Crippen molar-refractivity contribution in [2.75, 3.05) is 13.1 Å². The molecular weight excluding hydrogens is 315 g/mol. The van der Waals surface area contributed by atoms with Gasteiger partial charge in [0.2, 0.25) is 0 Å². The number of rotatable bonds is 6. The van der Waals surface area contributed by atoms with Crippen LogP contribution in [0.4, 0.5) is 4.39 Å². The molecule has 1 atom stereocenters. The van der Waals surface area contributed by atoms with Gasteiger partial charge < -0.3 is 15.4 Å². The van der Waals surface area contributed by atoms with Gasteiger partial charge in [0.05, 0.1) is 6.10 Å². The molecule has 0 bridgehead atoms. The molecule has 1 aromatic heterocycles. The zero-order valence-electron chi connectivity index (χ0n) is 12.5. The molecule has 0 saturated heterocycles. The van der Waals surface area contributed by atoms with E-state index in [1.807, 2.05) is 18.3 Å². The van der Waals surface area contributed by atoms with Crippen LogP contribution in [0, 0.1) is 5.82 Å². The van der Waals surface area contributed by atoms with Crippen LogP contribution in [0.3, 0.4) is 0 Å². The SMILES string of the molecule is OC(CNCCc1c[nH]c2cc(F)ccc12)c1cccc(Cl)c1. The minimum atomic E-state index is -0.592. The maximum atomic E-state index is 13.2. The van der Waals surface area contributed by atoms with Gasteiger partial charge in [0.25, 0.3) is 0 Å². The van der Waals surface area contributed by atoms with Crippen molar-refractivity contribution >= 4 is 22.5 Å². The van der Waals surface area contributed by atoms with Crippen molar-refractivity contribution in [3.8, 4) is 0 Å². The van der Waals surface area contributed by atoms with Gasteiger partial charge in [-0.15, -0.1) is 0 Å². The Morgan fingerprint density at radius 2 is 2.09 bits per heavy atom. The van der Waals surface area contributed by atoms with Gasteiger partial charge in [0.1, 0.15) is 5.82 Å². The topological polar surface area (TPSA) is 48.0 Å². The number of H-pyrrole nitrogens is 1. The fourth-order valence-electron chi connectivity index (χ4n) is 2.66. The molecule has 2 aromatic carbocycles. The third kappa shape index (κ3) is 3.91. The van der Waals surface area contributed by atoms with E-state index in [-0.39, 0.29) is 5.82 Å². The third-order valence-corrected chi connectivity index (χ3v) is 4.11. The number of aromatic amines is 1. The number of aromatic nitrogens is 1. The Kier molecular flexibility index (Phi) is 4.96. The van der Waals surface area contributed by atoms with Crippen LogP contribution in [0.25, 0.3) is 10.9 Å². The van der Waals surface area contributed by atoms with Crippen LogP contribution in [0.1, 0.15) is 17.2 Å². The van der Waals surface area contributed by atoms with E-state index in [0.717, 1.165) is 35.0 Å². The summed E-state index contributed by atoms with van der Waals surface area (Å²) in [5, 5.41) is 15.0. The zero-order chi connectivity index (χ0) is 16.2. The molecule has 0 amide bonds. The summed E-state index contributed by atoms with van der Waals surface area (Å²) in [5.41, 5.74) is 2.73. The van der Waals surface area contributed by atoms with Gasteiger partial charge in [-0.2, -0.15) is 0 Å². The molecule has 3 rings (SSSR count). The predicted octanol–water partition coefficient (Wildman–Crippen LogP) is 3.83. The molecule has 1 heterocycles. The Morgan fingerprint density at radius 1 is 1.22 bits per heavy atom. The molecule has 0 aliphatic heterocycles. The fourth-order valence-corrected chi connectivity index (χ4v) is 2.86. The van der Waals surface area contributed by atoms with Gasteiger partial charge in [-0.3, -0.25) is 0 Å². The monoisotopic (exact) mass is 332 g/mol. The summed E-state index contributed by atoms with van der Waals surface area (Å²) in [6, 6.07) is 12.0. The van der Waals surface area contributed by atoms with Crippen LogP contribution in [-0.2, 0) is 6.42 Å². The smallest absolute Gasteiger partial charge is 0.125 e. The van der Waals surface area contributed by atoms with E-state index in [4.69, 9.17) is 11.6 Å². The number of hydrogen-bond donors (Lipinski definition) is 3. The lowest BCUT2D eigenvalue weighted by molar-refractivity contribution is 0.175. The maximum Gasteiger partial charge on any atom is 0.125 e. The van der Waals surface area contributed by atoms with E-state index >= 15 is 0 Å². The molecule has 0 saturated carbocycles. The molecule has 0 aliphatic carbocycles. The second kappa shape index (κ2) is 7.13. The lowest BCUT2D eigenvalue weighted by atomic mass is 10.1. The summed E-state index contributed by atoms with van der Waals surface area (Å²) in [6.45, 7) is 1.18.